The molecule has 1 saturated carbocycles. The number of ether oxygens (including phenoxy) is 1. The van der Waals surface area contributed by atoms with Crippen LogP contribution < -0.4 is 10.1 Å². The lowest BCUT2D eigenvalue weighted by Crippen LogP contribution is -2.51. The summed E-state index contributed by atoms with van der Waals surface area (Å²) in [5, 5.41) is 3.35. The summed E-state index contributed by atoms with van der Waals surface area (Å²) in [5.74, 6) is 1.73. The second-order valence-corrected chi connectivity index (χ2v) is 5.89. The van der Waals surface area contributed by atoms with Gasteiger partial charge in [-0.05, 0) is 49.9 Å². The number of piperazine rings is 1. The molecule has 2 aliphatic rings. The normalized spacial score (nSPS) is 21.6. The van der Waals surface area contributed by atoms with Crippen molar-refractivity contribution >= 4 is 18.3 Å². The van der Waals surface area contributed by atoms with Crippen LogP contribution in [0.5, 0.6) is 5.75 Å². The van der Waals surface area contributed by atoms with E-state index in [1.165, 1.54) is 12.8 Å². The highest BCUT2D eigenvalue weighted by atomic mass is 35.5. The zero-order valence-corrected chi connectivity index (χ0v) is 13.2. The van der Waals surface area contributed by atoms with Gasteiger partial charge in [-0.1, -0.05) is 0 Å². The van der Waals surface area contributed by atoms with E-state index < -0.39 is 0 Å². The summed E-state index contributed by atoms with van der Waals surface area (Å²) in [6, 6.07) is 7.92. The summed E-state index contributed by atoms with van der Waals surface area (Å²) in [6.07, 6.45) is 2.58. The van der Waals surface area contributed by atoms with Crippen molar-refractivity contribution in [3.63, 3.8) is 0 Å². The molecule has 1 aliphatic heterocycles. The van der Waals surface area contributed by atoms with E-state index in [4.69, 9.17) is 4.74 Å². The number of hydrogen-bond acceptors (Lipinski definition) is 3. The first kappa shape index (κ1) is 16.1. The Kier molecular flexibility index (Phi) is 5.48. The van der Waals surface area contributed by atoms with Crippen LogP contribution in [0.1, 0.15) is 30.1 Å². The number of carbonyl (C=O) groups is 1. The van der Waals surface area contributed by atoms with Gasteiger partial charge in [0, 0.05) is 31.2 Å². The van der Waals surface area contributed by atoms with Gasteiger partial charge in [-0.25, -0.2) is 0 Å². The topological polar surface area (TPSA) is 41.6 Å². The Labute approximate surface area is 132 Å². The second kappa shape index (κ2) is 7.14. The SMILES string of the molecule is CC1CN(C(=O)c2ccc(OCC3CC3)cc2)CCN1.Cl. The molecule has 21 heavy (non-hydrogen) atoms. The highest BCUT2D eigenvalue weighted by Crippen LogP contribution is 2.29. The third kappa shape index (κ3) is 4.35. The van der Waals surface area contributed by atoms with Gasteiger partial charge in [0.05, 0.1) is 6.61 Å². The van der Waals surface area contributed by atoms with E-state index in [-0.39, 0.29) is 18.3 Å². The van der Waals surface area contributed by atoms with Gasteiger partial charge in [0.25, 0.3) is 5.91 Å². The zero-order valence-electron chi connectivity index (χ0n) is 12.4. The van der Waals surface area contributed by atoms with Crippen LogP contribution in [-0.2, 0) is 0 Å². The maximum atomic E-state index is 12.4. The zero-order chi connectivity index (χ0) is 13.9. The Morgan fingerprint density at radius 3 is 2.67 bits per heavy atom. The summed E-state index contributed by atoms with van der Waals surface area (Å²) in [6.45, 7) is 5.34. The second-order valence-electron chi connectivity index (χ2n) is 5.89. The molecule has 1 amide bonds. The fraction of sp³-hybridized carbons (Fsp3) is 0.562. The molecule has 1 atom stereocenters. The maximum Gasteiger partial charge on any atom is 0.253 e. The Morgan fingerprint density at radius 2 is 2.05 bits per heavy atom. The number of amides is 1. The van der Waals surface area contributed by atoms with Gasteiger partial charge < -0.3 is 15.0 Å². The van der Waals surface area contributed by atoms with Crippen LogP contribution in [0.3, 0.4) is 0 Å². The molecule has 3 rings (SSSR count). The summed E-state index contributed by atoms with van der Waals surface area (Å²) >= 11 is 0. The van der Waals surface area contributed by atoms with E-state index in [2.05, 4.69) is 12.2 Å². The Bertz CT molecular complexity index is 474. The average Bonchev–Trinajstić information content (AvgIpc) is 3.29. The van der Waals surface area contributed by atoms with Crippen molar-refractivity contribution in [3.05, 3.63) is 29.8 Å². The van der Waals surface area contributed by atoms with Crippen molar-refractivity contribution in [1.82, 2.24) is 10.2 Å². The van der Waals surface area contributed by atoms with Gasteiger partial charge in [0.1, 0.15) is 5.75 Å². The standard InChI is InChI=1S/C16H22N2O2.ClH/c1-12-10-18(9-8-17-12)16(19)14-4-6-15(7-5-14)20-11-13-2-3-13;/h4-7,12-13,17H,2-3,8-11H2,1H3;1H. The highest BCUT2D eigenvalue weighted by Gasteiger charge is 2.23. The number of halogens is 1. The van der Waals surface area contributed by atoms with E-state index in [9.17, 15) is 4.79 Å². The van der Waals surface area contributed by atoms with Crippen LogP contribution in [0.15, 0.2) is 24.3 Å². The van der Waals surface area contributed by atoms with E-state index in [1.54, 1.807) is 0 Å². The molecule has 0 spiro atoms. The Hall–Kier alpha value is -1.26. The van der Waals surface area contributed by atoms with Gasteiger partial charge in [-0.15, -0.1) is 12.4 Å². The van der Waals surface area contributed by atoms with Crippen molar-refractivity contribution < 1.29 is 9.53 Å². The first-order valence-electron chi connectivity index (χ1n) is 7.48. The molecule has 4 nitrogen and oxygen atoms in total. The molecule has 1 aromatic rings. The number of rotatable bonds is 4. The number of hydrogen-bond donors (Lipinski definition) is 1. The molecule has 116 valence electrons. The number of carbonyl (C=O) groups excluding carboxylic acids is 1. The minimum absolute atomic E-state index is 0. The largest absolute Gasteiger partial charge is 0.493 e. The van der Waals surface area contributed by atoms with Crippen LogP contribution >= 0.6 is 12.4 Å². The molecule has 1 unspecified atom stereocenters. The third-order valence-electron chi connectivity index (χ3n) is 3.94. The lowest BCUT2D eigenvalue weighted by Gasteiger charge is -2.32. The fourth-order valence-corrected chi connectivity index (χ4v) is 2.49. The molecular weight excluding hydrogens is 288 g/mol. The van der Waals surface area contributed by atoms with Crippen LogP contribution in [0.2, 0.25) is 0 Å². The lowest BCUT2D eigenvalue weighted by atomic mass is 10.1. The van der Waals surface area contributed by atoms with Crippen LogP contribution in [0.4, 0.5) is 0 Å². The van der Waals surface area contributed by atoms with Crippen molar-refractivity contribution in [2.24, 2.45) is 5.92 Å². The van der Waals surface area contributed by atoms with E-state index in [1.807, 2.05) is 29.2 Å². The van der Waals surface area contributed by atoms with E-state index in [0.717, 1.165) is 43.5 Å². The van der Waals surface area contributed by atoms with Crippen LogP contribution in [-0.4, -0.2) is 43.1 Å². The van der Waals surface area contributed by atoms with Gasteiger partial charge in [-0.2, -0.15) is 0 Å². The molecule has 2 fully saturated rings. The van der Waals surface area contributed by atoms with Gasteiger partial charge in [-0.3, -0.25) is 4.79 Å². The molecular formula is C16H23ClN2O2. The summed E-state index contributed by atoms with van der Waals surface area (Å²) < 4.78 is 5.69. The van der Waals surface area contributed by atoms with E-state index >= 15 is 0 Å². The molecule has 1 heterocycles. The number of nitrogens with one attached hydrogen (secondary N) is 1. The summed E-state index contributed by atoms with van der Waals surface area (Å²) in [4.78, 5) is 14.3. The quantitative estimate of drug-likeness (QED) is 0.928. The molecule has 0 bridgehead atoms. The summed E-state index contributed by atoms with van der Waals surface area (Å²) in [5.41, 5.74) is 0.748. The average molecular weight is 311 g/mol. The molecule has 1 N–H and O–H groups in total. The van der Waals surface area contributed by atoms with Crippen molar-refractivity contribution in [2.45, 2.75) is 25.8 Å². The number of nitrogens with zero attached hydrogens (tertiary/aromatic N) is 1. The molecule has 1 saturated heterocycles. The van der Waals surface area contributed by atoms with Crippen LogP contribution in [0.25, 0.3) is 0 Å². The van der Waals surface area contributed by atoms with Gasteiger partial charge in [0.15, 0.2) is 0 Å². The van der Waals surface area contributed by atoms with Crippen LogP contribution in [0, 0.1) is 5.92 Å². The van der Waals surface area contributed by atoms with E-state index in [0.29, 0.717) is 6.04 Å². The maximum absolute atomic E-state index is 12.4. The minimum atomic E-state index is 0. The van der Waals surface area contributed by atoms with Gasteiger partial charge >= 0.3 is 0 Å². The Morgan fingerprint density at radius 1 is 1.33 bits per heavy atom. The molecule has 1 aliphatic carbocycles. The first-order valence-corrected chi connectivity index (χ1v) is 7.48. The highest BCUT2D eigenvalue weighted by molar-refractivity contribution is 5.94. The monoisotopic (exact) mass is 310 g/mol. The predicted octanol–water partition coefficient (Wildman–Crippen LogP) is 2.33. The van der Waals surface area contributed by atoms with Crippen molar-refractivity contribution in [1.29, 1.82) is 0 Å². The van der Waals surface area contributed by atoms with Crippen molar-refractivity contribution in [2.75, 3.05) is 26.2 Å². The van der Waals surface area contributed by atoms with Crippen molar-refractivity contribution in [3.8, 4) is 5.75 Å². The first-order chi connectivity index (χ1) is 9.72. The fourth-order valence-electron chi connectivity index (χ4n) is 2.49. The Balaban J connectivity index is 0.00000161. The third-order valence-corrected chi connectivity index (χ3v) is 3.94. The summed E-state index contributed by atoms with van der Waals surface area (Å²) in [7, 11) is 0. The molecule has 5 heteroatoms. The molecule has 1 aromatic carbocycles. The minimum Gasteiger partial charge on any atom is -0.493 e. The predicted molar refractivity (Wildman–Crippen MR) is 85.3 cm³/mol. The lowest BCUT2D eigenvalue weighted by molar-refractivity contribution is 0.0709. The molecule has 0 radical (unpaired) electrons. The number of benzene rings is 1. The molecule has 0 aromatic heterocycles. The smallest absolute Gasteiger partial charge is 0.253 e. The van der Waals surface area contributed by atoms with Gasteiger partial charge in [0.2, 0.25) is 0 Å².